The van der Waals surface area contributed by atoms with Gasteiger partial charge in [0, 0.05) is 6.54 Å². The molecule has 34 heavy (non-hydrogen) atoms. The molecular weight excluding hydrogens is 442 g/mol. The molecule has 0 spiro atoms. The van der Waals surface area contributed by atoms with Crippen LogP contribution in [-0.2, 0) is 10.0 Å². The molecule has 9 atom stereocenters. The highest BCUT2D eigenvalue weighted by molar-refractivity contribution is 7.88. The second-order valence-corrected chi connectivity index (χ2v) is 16.0. The molecule has 0 saturated heterocycles. The summed E-state index contributed by atoms with van der Waals surface area (Å²) in [6.45, 7) is 12.6. The van der Waals surface area contributed by atoms with Crippen molar-refractivity contribution in [1.29, 1.82) is 0 Å². The summed E-state index contributed by atoms with van der Waals surface area (Å²) in [6, 6.07) is 0. The molecule has 0 bridgehead atoms. The van der Waals surface area contributed by atoms with Gasteiger partial charge in [-0.3, -0.25) is 0 Å². The molecule has 0 aromatic rings. The fourth-order valence-electron chi connectivity index (χ4n) is 9.77. The van der Waals surface area contributed by atoms with Crippen LogP contribution >= 0.6 is 0 Å². The molecule has 0 radical (unpaired) electrons. The number of aliphatic hydroxyl groups is 1. The van der Waals surface area contributed by atoms with Crippen molar-refractivity contribution in [2.24, 2.45) is 52.3 Å². The Labute approximate surface area is 210 Å². The Morgan fingerprint density at radius 2 is 1.62 bits per heavy atom. The Hall–Kier alpha value is -0.130. The van der Waals surface area contributed by atoms with Crippen LogP contribution in [0.4, 0.5) is 0 Å². The second-order valence-electron chi connectivity index (χ2n) is 14.2. The van der Waals surface area contributed by atoms with E-state index < -0.39 is 15.6 Å². The number of hydrogen-bond acceptors (Lipinski definition) is 3. The van der Waals surface area contributed by atoms with Crippen molar-refractivity contribution < 1.29 is 13.5 Å². The van der Waals surface area contributed by atoms with E-state index in [-0.39, 0.29) is 6.54 Å². The first-order valence-electron chi connectivity index (χ1n) is 14.4. The third-order valence-corrected chi connectivity index (χ3v) is 12.4. The summed E-state index contributed by atoms with van der Waals surface area (Å²) >= 11 is 0. The van der Waals surface area contributed by atoms with Crippen LogP contribution < -0.4 is 4.72 Å². The smallest absolute Gasteiger partial charge is 0.208 e. The van der Waals surface area contributed by atoms with Gasteiger partial charge >= 0.3 is 0 Å². The number of sulfonamides is 1. The summed E-state index contributed by atoms with van der Waals surface area (Å²) < 4.78 is 25.8. The quantitative estimate of drug-likeness (QED) is 0.410. The molecule has 4 aliphatic rings. The van der Waals surface area contributed by atoms with E-state index in [1.165, 1.54) is 64.0 Å². The first-order valence-corrected chi connectivity index (χ1v) is 16.3. The van der Waals surface area contributed by atoms with E-state index in [0.717, 1.165) is 54.8 Å². The highest BCUT2D eigenvalue weighted by Gasteiger charge is 2.61. The van der Waals surface area contributed by atoms with Gasteiger partial charge in [-0.1, -0.05) is 53.9 Å². The lowest BCUT2D eigenvalue weighted by molar-refractivity contribution is -0.150. The van der Waals surface area contributed by atoms with Crippen molar-refractivity contribution >= 4 is 10.0 Å². The van der Waals surface area contributed by atoms with Crippen LogP contribution in [0.3, 0.4) is 0 Å². The van der Waals surface area contributed by atoms with Crippen molar-refractivity contribution in [3.63, 3.8) is 0 Å². The van der Waals surface area contributed by atoms with E-state index in [1.807, 2.05) is 0 Å². The fourth-order valence-corrected chi connectivity index (χ4v) is 10.3. The predicted molar refractivity (Wildman–Crippen MR) is 141 cm³/mol. The highest BCUT2D eigenvalue weighted by atomic mass is 32.2. The standard InChI is InChI=1S/C29H53NO3S/c1-20(2)8-7-9-21(3)24-12-13-25-23-11-10-22-18-29(31,19-30-34(6,32)33)17-16-27(22,4)26(23)14-15-28(24,25)5/h20-26,30-31H,7-19H2,1-6H3/t21-,22+,23?,24-,25?,26?,27+,28-,29-/m1/s1. The van der Waals surface area contributed by atoms with Crippen molar-refractivity contribution in [2.45, 2.75) is 117 Å². The topological polar surface area (TPSA) is 66.4 Å². The van der Waals surface area contributed by atoms with Crippen molar-refractivity contribution in [2.75, 3.05) is 12.8 Å². The van der Waals surface area contributed by atoms with Crippen LogP contribution in [0.25, 0.3) is 0 Å². The molecule has 0 aromatic carbocycles. The molecular formula is C29H53NO3S. The first kappa shape index (κ1) is 26.9. The molecule has 5 heteroatoms. The number of hydrogen-bond donors (Lipinski definition) is 2. The molecule has 0 aliphatic heterocycles. The third kappa shape index (κ3) is 5.14. The summed E-state index contributed by atoms with van der Waals surface area (Å²) in [5.41, 5.74) is -0.0495. The third-order valence-electron chi connectivity index (χ3n) is 11.7. The molecule has 0 amide bonds. The lowest BCUT2D eigenvalue weighted by atomic mass is 9.43. The summed E-state index contributed by atoms with van der Waals surface area (Å²) in [4.78, 5) is 0. The van der Waals surface area contributed by atoms with Crippen molar-refractivity contribution in [3.05, 3.63) is 0 Å². The molecule has 4 rings (SSSR count). The van der Waals surface area contributed by atoms with Crippen LogP contribution in [-0.4, -0.2) is 31.9 Å². The Bertz CT molecular complexity index is 827. The van der Waals surface area contributed by atoms with Gasteiger partial charge in [-0.25, -0.2) is 13.1 Å². The lowest BCUT2D eigenvalue weighted by Gasteiger charge is -2.62. The molecule has 2 N–H and O–H groups in total. The number of fused-ring (bicyclic) bond motifs is 5. The number of rotatable bonds is 8. The van der Waals surface area contributed by atoms with Crippen molar-refractivity contribution in [3.8, 4) is 0 Å². The minimum Gasteiger partial charge on any atom is -0.389 e. The first-order chi connectivity index (χ1) is 15.8. The van der Waals surface area contributed by atoms with E-state index in [9.17, 15) is 13.5 Å². The SMILES string of the molecule is CC(C)CCC[C@@H](C)[C@H]1CCC2C3CC[C@H]4C[C@@](O)(CNS(C)(=O)=O)CC[C@]4(C)C3CC[C@@]21C. The summed E-state index contributed by atoms with van der Waals surface area (Å²) in [5, 5.41) is 11.2. The van der Waals surface area contributed by atoms with Gasteiger partial charge in [0.1, 0.15) is 0 Å². The van der Waals surface area contributed by atoms with Gasteiger partial charge in [0.15, 0.2) is 0 Å². The van der Waals surface area contributed by atoms with Gasteiger partial charge in [-0.2, -0.15) is 0 Å². The van der Waals surface area contributed by atoms with Crippen LogP contribution in [0.5, 0.6) is 0 Å². The zero-order valence-electron chi connectivity index (χ0n) is 22.9. The Balaban J connectivity index is 1.43. The molecule has 0 aromatic heterocycles. The minimum atomic E-state index is -3.27. The average Bonchev–Trinajstić information content (AvgIpc) is 3.10. The zero-order valence-corrected chi connectivity index (χ0v) is 23.7. The van der Waals surface area contributed by atoms with Crippen LogP contribution in [0.15, 0.2) is 0 Å². The van der Waals surface area contributed by atoms with Crippen molar-refractivity contribution in [1.82, 2.24) is 4.72 Å². The largest absolute Gasteiger partial charge is 0.389 e. The molecule has 3 unspecified atom stereocenters. The fraction of sp³-hybridized carbons (Fsp3) is 1.00. The van der Waals surface area contributed by atoms with Gasteiger partial charge in [0.05, 0.1) is 11.9 Å². The maximum absolute atomic E-state index is 11.6. The molecule has 4 aliphatic carbocycles. The zero-order chi connectivity index (χ0) is 24.9. The average molecular weight is 496 g/mol. The Kier molecular flexibility index (Phi) is 7.63. The molecule has 0 heterocycles. The van der Waals surface area contributed by atoms with Gasteiger partial charge in [0.2, 0.25) is 10.0 Å². The summed E-state index contributed by atoms with van der Waals surface area (Å²) in [5.74, 6) is 5.61. The van der Waals surface area contributed by atoms with E-state index in [0.29, 0.717) is 16.7 Å². The predicted octanol–water partition coefficient (Wildman–Crippen LogP) is 6.39. The second kappa shape index (κ2) is 9.63. The summed E-state index contributed by atoms with van der Waals surface area (Å²) in [6.07, 6.45) is 16.0. The van der Waals surface area contributed by atoms with Crippen LogP contribution in [0.1, 0.15) is 112 Å². The van der Waals surface area contributed by atoms with Crippen LogP contribution in [0.2, 0.25) is 0 Å². The Morgan fingerprint density at radius 3 is 2.29 bits per heavy atom. The van der Waals surface area contributed by atoms with Gasteiger partial charge in [0.25, 0.3) is 0 Å². The van der Waals surface area contributed by atoms with Gasteiger partial charge < -0.3 is 5.11 Å². The van der Waals surface area contributed by atoms with Gasteiger partial charge in [-0.15, -0.1) is 0 Å². The lowest BCUT2D eigenvalue weighted by Crippen LogP contribution is -2.57. The molecule has 4 fully saturated rings. The minimum absolute atomic E-state index is 0.170. The number of nitrogens with one attached hydrogen (secondary N) is 1. The van der Waals surface area contributed by atoms with E-state index >= 15 is 0 Å². The summed E-state index contributed by atoms with van der Waals surface area (Å²) in [7, 11) is -3.27. The Morgan fingerprint density at radius 1 is 0.912 bits per heavy atom. The molecule has 4 saturated carbocycles. The monoisotopic (exact) mass is 495 g/mol. The maximum atomic E-state index is 11.6. The normalized spacial score (nSPS) is 45.5. The van der Waals surface area contributed by atoms with E-state index in [1.54, 1.807) is 0 Å². The molecule has 4 nitrogen and oxygen atoms in total. The maximum Gasteiger partial charge on any atom is 0.208 e. The van der Waals surface area contributed by atoms with Crippen LogP contribution in [0, 0.1) is 52.3 Å². The van der Waals surface area contributed by atoms with Gasteiger partial charge in [-0.05, 0) is 110 Å². The molecule has 198 valence electrons. The highest BCUT2D eigenvalue weighted by Crippen LogP contribution is 2.68. The van der Waals surface area contributed by atoms with E-state index in [4.69, 9.17) is 0 Å². The van der Waals surface area contributed by atoms with E-state index in [2.05, 4.69) is 39.3 Å².